The number of imide groups is 1. The molecule has 2 rings (SSSR count). The maximum atomic E-state index is 11.9. The van der Waals surface area contributed by atoms with E-state index in [9.17, 15) is 14.4 Å². The number of nitrogens with zero attached hydrogens (tertiary/aromatic N) is 2. The highest BCUT2D eigenvalue weighted by Crippen LogP contribution is 2.28. The first-order chi connectivity index (χ1) is 14.6. The van der Waals surface area contributed by atoms with E-state index in [1.807, 2.05) is 5.32 Å². The lowest BCUT2D eigenvalue weighted by atomic mass is 10.2. The highest BCUT2D eigenvalue weighted by Gasteiger charge is 2.15. The van der Waals surface area contributed by atoms with E-state index in [2.05, 4.69) is 10.4 Å². The molecule has 8 nitrogen and oxygen atoms in total. The van der Waals surface area contributed by atoms with Crippen molar-refractivity contribution in [2.45, 2.75) is 33.4 Å². The predicted octanol–water partition coefficient (Wildman–Crippen LogP) is 3.99. The summed E-state index contributed by atoms with van der Waals surface area (Å²) in [5.74, 6) is -1.53. The molecule has 0 fully saturated rings. The Morgan fingerprint density at radius 2 is 1.84 bits per heavy atom. The molecule has 2 N–H and O–H groups in total. The Bertz CT molecular complexity index is 998. The standard InChI is InChI=1S/C20H21Cl3N4O4/c1-11(2)24-20(30)25-17(28)10-31-18(29)8-7-13-12(3)26-27(19(13)23)9-14-15(21)5-4-6-16(14)22/h4-8,11H,9-10H2,1-3H3,(H2,24,25,28,30)/b8-7+. The number of hydrogen-bond donors (Lipinski definition) is 2. The summed E-state index contributed by atoms with van der Waals surface area (Å²) in [4.78, 5) is 35.0. The molecule has 0 aliphatic heterocycles. The van der Waals surface area contributed by atoms with Crippen LogP contribution >= 0.6 is 34.8 Å². The van der Waals surface area contributed by atoms with Gasteiger partial charge in [0.2, 0.25) is 0 Å². The van der Waals surface area contributed by atoms with Gasteiger partial charge >= 0.3 is 12.0 Å². The SMILES string of the molecule is Cc1nn(Cc2c(Cl)cccc2Cl)c(Cl)c1/C=C/C(=O)OCC(=O)NC(=O)NC(C)C. The average molecular weight is 488 g/mol. The van der Waals surface area contributed by atoms with Crippen molar-refractivity contribution >= 4 is 58.8 Å². The summed E-state index contributed by atoms with van der Waals surface area (Å²) >= 11 is 18.8. The van der Waals surface area contributed by atoms with Crippen LogP contribution in [0.5, 0.6) is 0 Å². The summed E-state index contributed by atoms with van der Waals surface area (Å²) < 4.78 is 6.33. The number of aromatic nitrogens is 2. The summed E-state index contributed by atoms with van der Waals surface area (Å²) in [5, 5.41) is 10.1. The van der Waals surface area contributed by atoms with E-state index in [-0.39, 0.29) is 17.7 Å². The Kier molecular flexibility index (Phi) is 8.91. The Hall–Kier alpha value is -2.55. The normalized spacial score (nSPS) is 11.1. The minimum Gasteiger partial charge on any atom is -0.452 e. The number of carbonyl (C=O) groups is 3. The number of halogens is 3. The number of rotatable bonds is 7. The predicted molar refractivity (Wildman–Crippen MR) is 119 cm³/mol. The minimum absolute atomic E-state index is 0.138. The molecular formula is C20H21Cl3N4O4. The van der Waals surface area contributed by atoms with E-state index in [1.54, 1.807) is 39.0 Å². The van der Waals surface area contributed by atoms with Crippen LogP contribution in [-0.2, 0) is 20.9 Å². The summed E-state index contributed by atoms with van der Waals surface area (Å²) in [5.41, 5.74) is 1.74. The molecular weight excluding hydrogens is 467 g/mol. The van der Waals surface area contributed by atoms with Crippen molar-refractivity contribution in [3.63, 3.8) is 0 Å². The molecule has 0 unspecified atom stereocenters. The number of nitrogens with one attached hydrogen (secondary N) is 2. The highest BCUT2D eigenvalue weighted by molar-refractivity contribution is 6.36. The lowest BCUT2D eigenvalue weighted by molar-refractivity contribution is -0.143. The zero-order valence-corrected chi connectivity index (χ0v) is 19.3. The molecule has 0 aliphatic carbocycles. The largest absolute Gasteiger partial charge is 0.452 e. The molecule has 1 aromatic heterocycles. The van der Waals surface area contributed by atoms with Gasteiger partial charge in [0.1, 0.15) is 5.15 Å². The molecule has 1 heterocycles. The quantitative estimate of drug-likeness (QED) is 0.454. The van der Waals surface area contributed by atoms with Crippen LogP contribution in [-0.4, -0.2) is 40.3 Å². The van der Waals surface area contributed by atoms with Crippen molar-refractivity contribution in [2.24, 2.45) is 0 Å². The number of amides is 3. The van der Waals surface area contributed by atoms with E-state index < -0.39 is 24.5 Å². The molecule has 1 aromatic carbocycles. The number of benzene rings is 1. The molecule has 11 heteroatoms. The fraction of sp³-hybridized carbons (Fsp3) is 0.300. The van der Waals surface area contributed by atoms with Gasteiger partial charge in [-0.2, -0.15) is 5.10 Å². The molecule has 0 atom stereocenters. The molecule has 3 amide bonds. The molecule has 0 radical (unpaired) electrons. The van der Waals surface area contributed by atoms with Gasteiger partial charge in [0.05, 0.1) is 12.2 Å². The first kappa shape index (κ1) is 24.7. The maximum absolute atomic E-state index is 11.9. The first-order valence-electron chi connectivity index (χ1n) is 9.19. The van der Waals surface area contributed by atoms with Crippen LogP contribution in [0, 0.1) is 6.92 Å². The summed E-state index contributed by atoms with van der Waals surface area (Å²) in [6.45, 7) is 4.85. The second-order valence-electron chi connectivity index (χ2n) is 6.77. The number of carbonyl (C=O) groups excluding carboxylic acids is 3. The second kappa shape index (κ2) is 11.2. The van der Waals surface area contributed by atoms with Crippen molar-refractivity contribution in [3.05, 3.63) is 56.3 Å². The third-order valence-electron chi connectivity index (χ3n) is 3.88. The van der Waals surface area contributed by atoms with E-state index >= 15 is 0 Å². The van der Waals surface area contributed by atoms with E-state index in [0.717, 1.165) is 6.08 Å². The van der Waals surface area contributed by atoms with Gasteiger partial charge < -0.3 is 10.1 Å². The van der Waals surface area contributed by atoms with Crippen molar-refractivity contribution in [2.75, 3.05) is 6.61 Å². The van der Waals surface area contributed by atoms with Gasteiger partial charge in [-0.1, -0.05) is 40.9 Å². The molecule has 0 bridgehead atoms. The van der Waals surface area contributed by atoms with Crippen molar-refractivity contribution in [1.29, 1.82) is 0 Å². The number of urea groups is 1. The number of aryl methyl sites for hydroxylation is 1. The molecule has 2 aromatic rings. The Balaban J connectivity index is 1.99. The van der Waals surface area contributed by atoms with Gasteiger partial charge in [0.25, 0.3) is 5.91 Å². The lowest BCUT2D eigenvalue weighted by Crippen LogP contribution is -2.43. The van der Waals surface area contributed by atoms with Gasteiger partial charge in [-0.05, 0) is 39.0 Å². The first-order valence-corrected chi connectivity index (χ1v) is 10.3. The van der Waals surface area contributed by atoms with E-state index in [4.69, 9.17) is 39.5 Å². The smallest absolute Gasteiger partial charge is 0.331 e. The molecule has 0 saturated heterocycles. The molecule has 31 heavy (non-hydrogen) atoms. The molecule has 0 aliphatic rings. The van der Waals surface area contributed by atoms with E-state index in [1.165, 1.54) is 10.8 Å². The fourth-order valence-electron chi connectivity index (χ4n) is 2.49. The maximum Gasteiger partial charge on any atom is 0.331 e. The summed E-state index contributed by atoms with van der Waals surface area (Å²) in [6.07, 6.45) is 2.55. The Morgan fingerprint density at radius 1 is 1.19 bits per heavy atom. The fourth-order valence-corrected chi connectivity index (χ4v) is 3.31. The Morgan fingerprint density at radius 3 is 2.45 bits per heavy atom. The minimum atomic E-state index is -0.781. The second-order valence-corrected chi connectivity index (χ2v) is 7.94. The van der Waals surface area contributed by atoms with Gasteiger partial charge in [-0.3, -0.25) is 10.1 Å². The molecule has 166 valence electrons. The third kappa shape index (κ3) is 7.27. The molecule has 0 spiro atoms. The van der Waals surface area contributed by atoms with Crippen LogP contribution in [0.3, 0.4) is 0 Å². The summed E-state index contributed by atoms with van der Waals surface area (Å²) in [6, 6.07) is 4.36. The van der Waals surface area contributed by atoms with Crippen LogP contribution in [0.25, 0.3) is 6.08 Å². The number of ether oxygens (including phenoxy) is 1. The lowest BCUT2D eigenvalue weighted by Gasteiger charge is -2.08. The van der Waals surface area contributed by atoms with Crippen LogP contribution in [0.1, 0.15) is 30.7 Å². The van der Waals surface area contributed by atoms with Crippen LogP contribution in [0.4, 0.5) is 4.79 Å². The molecule has 0 saturated carbocycles. The van der Waals surface area contributed by atoms with Crippen LogP contribution < -0.4 is 10.6 Å². The highest BCUT2D eigenvalue weighted by atomic mass is 35.5. The summed E-state index contributed by atoms with van der Waals surface area (Å²) in [7, 11) is 0. The number of hydrogen-bond acceptors (Lipinski definition) is 5. The van der Waals surface area contributed by atoms with Crippen molar-refractivity contribution in [1.82, 2.24) is 20.4 Å². The zero-order valence-electron chi connectivity index (χ0n) is 17.0. The Labute approximate surface area is 194 Å². The van der Waals surface area contributed by atoms with Gasteiger partial charge in [0.15, 0.2) is 6.61 Å². The topological polar surface area (TPSA) is 102 Å². The van der Waals surface area contributed by atoms with Gasteiger partial charge in [-0.25, -0.2) is 14.3 Å². The van der Waals surface area contributed by atoms with Gasteiger partial charge in [0, 0.05) is 33.3 Å². The van der Waals surface area contributed by atoms with Crippen molar-refractivity contribution < 1.29 is 19.1 Å². The van der Waals surface area contributed by atoms with Gasteiger partial charge in [-0.15, -0.1) is 0 Å². The third-order valence-corrected chi connectivity index (χ3v) is 4.99. The average Bonchev–Trinajstić information content (AvgIpc) is 2.93. The van der Waals surface area contributed by atoms with Crippen LogP contribution in [0.15, 0.2) is 24.3 Å². The van der Waals surface area contributed by atoms with Crippen LogP contribution in [0.2, 0.25) is 15.2 Å². The van der Waals surface area contributed by atoms with Crippen molar-refractivity contribution in [3.8, 4) is 0 Å². The zero-order chi connectivity index (χ0) is 23.1. The monoisotopic (exact) mass is 486 g/mol. The number of esters is 1. The van der Waals surface area contributed by atoms with E-state index in [0.29, 0.717) is 26.9 Å².